The molecule has 0 spiro atoms. The number of ether oxygens (including phenoxy) is 2. The Kier molecular flexibility index (Phi) is 4.57. The molecule has 0 bridgehead atoms. The maximum atomic E-state index is 10.5. The number of carboxylic acids is 1. The van der Waals surface area contributed by atoms with Crippen LogP contribution in [-0.4, -0.2) is 25.3 Å². The number of hydrogen-bond donors (Lipinski definition) is 1. The Hall–Kier alpha value is -1.97. The van der Waals surface area contributed by atoms with Gasteiger partial charge in [0, 0.05) is 6.08 Å². The molecule has 0 heterocycles. The Labute approximate surface area is 100 Å². The minimum absolute atomic E-state index is 0.576. The Morgan fingerprint density at radius 2 is 1.94 bits per heavy atom. The van der Waals surface area contributed by atoms with Crippen molar-refractivity contribution in [3.8, 4) is 11.5 Å². The lowest BCUT2D eigenvalue weighted by Crippen LogP contribution is -1.95. The first-order valence-electron chi connectivity index (χ1n) is 5.17. The van der Waals surface area contributed by atoms with E-state index in [-0.39, 0.29) is 0 Å². The zero-order chi connectivity index (χ0) is 12.8. The summed E-state index contributed by atoms with van der Waals surface area (Å²) in [6, 6.07) is 5.54. The Balaban J connectivity index is 2.89. The fourth-order valence-electron chi connectivity index (χ4n) is 1.57. The summed E-state index contributed by atoms with van der Waals surface area (Å²) in [5, 5.41) is 8.62. The number of carbonyl (C=O) groups is 1. The van der Waals surface area contributed by atoms with E-state index in [1.807, 2.05) is 18.2 Å². The van der Waals surface area contributed by atoms with Crippen molar-refractivity contribution in [3.05, 3.63) is 35.4 Å². The number of rotatable bonds is 5. The van der Waals surface area contributed by atoms with E-state index >= 15 is 0 Å². The molecule has 0 aliphatic rings. The van der Waals surface area contributed by atoms with Crippen LogP contribution in [0.2, 0.25) is 0 Å². The van der Waals surface area contributed by atoms with Gasteiger partial charge in [-0.25, -0.2) is 4.79 Å². The van der Waals surface area contributed by atoms with Gasteiger partial charge in [-0.3, -0.25) is 0 Å². The lowest BCUT2D eigenvalue weighted by atomic mass is 10.1. The molecule has 4 heteroatoms. The summed E-state index contributed by atoms with van der Waals surface area (Å²) in [6.45, 7) is 1.78. The second kappa shape index (κ2) is 5.94. The smallest absolute Gasteiger partial charge is 0.328 e. The minimum atomic E-state index is -0.928. The van der Waals surface area contributed by atoms with Crippen LogP contribution in [0.15, 0.2) is 29.8 Å². The highest BCUT2D eigenvalue weighted by Gasteiger charge is 2.05. The highest BCUT2D eigenvalue weighted by Crippen LogP contribution is 2.28. The van der Waals surface area contributed by atoms with E-state index in [1.54, 1.807) is 21.1 Å². The quantitative estimate of drug-likeness (QED) is 0.797. The van der Waals surface area contributed by atoms with Crippen LogP contribution in [0.25, 0.3) is 0 Å². The molecule has 0 saturated carbocycles. The van der Waals surface area contributed by atoms with Crippen molar-refractivity contribution < 1.29 is 19.4 Å². The van der Waals surface area contributed by atoms with E-state index < -0.39 is 5.97 Å². The van der Waals surface area contributed by atoms with Crippen LogP contribution in [0.5, 0.6) is 11.5 Å². The number of methoxy groups -OCH3 is 2. The van der Waals surface area contributed by atoms with Crippen LogP contribution in [0.1, 0.15) is 12.5 Å². The molecule has 0 fully saturated rings. The second-order valence-corrected chi connectivity index (χ2v) is 3.70. The predicted molar refractivity (Wildman–Crippen MR) is 64.6 cm³/mol. The van der Waals surface area contributed by atoms with Gasteiger partial charge in [0.2, 0.25) is 0 Å². The Morgan fingerprint density at radius 3 is 2.47 bits per heavy atom. The van der Waals surface area contributed by atoms with Gasteiger partial charge in [-0.2, -0.15) is 0 Å². The summed E-state index contributed by atoms with van der Waals surface area (Å²) in [7, 11) is 3.15. The van der Waals surface area contributed by atoms with Crippen LogP contribution in [-0.2, 0) is 11.2 Å². The third-order valence-electron chi connectivity index (χ3n) is 2.30. The maximum Gasteiger partial charge on any atom is 0.328 e. The highest BCUT2D eigenvalue weighted by atomic mass is 16.5. The summed E-state index contributed by atoms with van der Waals surface area (Å²) in [5.41, 5.74) is 1.77. The first-order chi connectivity index (χ1) is 8.06. The normalized spacial score (nSPS) is 11.1. The molecule has 0 atom stereocenters. The molecular weight excluding hydrogens is 220 g/mol. The van der Waals surface area contributed by atoms with Crippen molar-refractivity contribution in [1.82, 2.24) is 0 Å². The van der Waals surface area contributed by atoms with Crippen LogP contribution < -0.4 is 9.47 Å². The largest absolute Gasteiger partial charge is 0.493 e. The summed E-state index contributed by atoms with van der Waals surface area (Å²) in [6.07, 6.45) is 1.78. The van der Waals surface area contributed by atoms with E-state index in [2.05, 4.69) is 0 Å². The molecule has 0 aliphatic heterocycles. The van der Waals surface area contributed by atoms with Crippen molar-refractivity contribution in [2.24, 2.45) is 0 Å². The molecule has 1 aromatic carbocycles. The number of hydrogen-bond acceptors (Lipinski definition) is 3. The number of allylic oxidation sites excluding steroid dienone is 1. The zero-order valence-electron chi connectivity index (χ0n) is 10.2. The summed E-state index contributed by atoms with van der Waals surface area (Å²) >= 11 is 0. The number of aliphatic carboxylic acids is 1. The fourth-order valence-corrected chi connectivity index (χ4v) is 1.57. The minimum Gasteiger partial charge on any atom is -0.493 e. The molecule has 0 saturated heterocycles. The fraction of sp³-hybridized carbons (Fsp3) is 0.308. The van der Waals surface area contributed by atoms with Gasteiger partial charge in [0.05, 0.1) is 14.2 Å². The average molecular weight is 236 g/mol. The van der Waals surface area contributed by atoms with Crippen molar-refractivity contribution in [2.75, 3.05) is 14.2 Å². The summed E-state index contributed by atoms with van der Waals surface area (Å²) in [4.78, 5) is 10.5. The maximum absolute atomic E-state index is 10.5. The lowest BCUT2D eigenvalue weighted by molar-refractivity contribution is -0.131. The number of carboxylic acid groups (broad SMARTS) is 1. The van der Waals surface area contributed by atoms with E-state index in [0.29, 0.717) is 17.9 Å². The second-order valence-electron chi connectivity index (χ2n) is 3.70. The SMILES string of the molecule is COc1ccc(C/C(C)=C/C(=O)O)cc1OC. The molecule has 0 unspecified atom stereocenters. The van der Waals surface area contributed by atoms with Crippen LogP contribution in [0.4, 0.5) is 0 Å². The number of benzene rings is 1. The molecule has 17 heavy (non-hydrogen) atoms. The molecular formula is C13H16O4. The van der Waals surface area contributed by atoms with E-state index in [9.17, 15) is 4.79 Å². The van der Waals surface area contributed by atoms with Crippen molar-refractivity contribution >= 4 is 5.97 Å². The lowest BCUT2D eigenvalue weighted by Gasteiger charge is -2.09. The third kappa shape index (κ3) is 3.83. The molecule has 1 rings (SSSR count). The standard InChI is InChI=1S/C13H16O4/c1-9(7-13(14)15)6-10-4-5-11(16-2)12(8-10)17-3/h4-5,7-8H,6H2,1-3H3,(H,14,15)/b9-7+. The van der Waals surface area contributed by atoms with Crippen molar-refractivity contribution in [3.63, 3.8) is 0 Å². The van der Waals surface area contributed by atoms with Gasteiger partial charge in [0.25, 0.3) is 0 Å². The molecule has 0 radical (unpaired) electrons. The average Bonchev–Trinajstić information content (AvgIpc) is 2.27. The molecule has 92 valence electrons. The molecule has 0 aliphatic carbocycles. The first kappa shape index (κ1) is 13.1. The van der Waals surface area contributed by atoms with Gasteiger partial charge < -0.3 is 14.6 Å². The first-order valence-corrected chi connectivity index (χ1v) is 5.17. The van der Waals surface area contributed by atoms with Gasteiger partial charge in [-0.05, 0) is 31.0 Å². The van der Waals surface area contributed by atoms with Gasteiger partial charge in [-0.1, -0.05) is 11.6 Å². The third-order valence-corrected chi connectivity index (χ3v) is 2.30. The molecule has 0 aromatic heterocycles. The van der Waals surface area contributed by atoms with Gasteiger partial charge in [0.15, 0.2) is 11.5 Å². The van der Waals surface area contributed by atoms with Gasteiger partial charge in [-0.15, -0.1) is 0 Å². The van der Waals surface area contributed by atoms with Crippen molar-refractivity contribution in [1.29, 1.82) is 0 Å². The van der Waals surface area contributed by atoms with E-state index in [1.165, 1.54) is 6.08 Å². The van der Waals surface area contributed by atoms with Gasteiger partial charge >= 0.3 is 5.97 Å². The van der Waals surface area contributed by atoms with Crippen LogP contribution >= 0.6 is 0 Å². The van der Waals surface area contributed by atoms with Crippen molar-refractivity contribution in [2.45, 2.75) is 13.3 Å². The topological polar surface area (TPSA) is 55.8 Å². The van der Waals surface area contributed by atoms with E-state index in [4.69, 9.17) is 14.6 Å². The monoisotopic (exact) mass is 236 g/mol. The van der Waals surface area contributed by atoms with Crippen LogP contribution in [0.3, 0.4) is 0 Å². The van der Waals surface area contributed by atoms with Crippen LogP contribution in [0, 0.1) is 0 Å². The van der Waals surface area contributed by atoms with E-state index in [0.717, 1.165) is 11.1 Å². The predicted octanol–water partition coefficient (Wildman–Crippen LogP) is 2.28. The Morgan fingerprint density at radius 1 is 1.29 bits per heavy atom. The molecule has 0 amide bonds. The molecule has 1 aromatic rings. The molecule has 4 nitrogen and oxygen atoms in total. The molecule has 1 N–H and O–H groups in total. The Bertz CT molecular complexity index is 435. The summed E-state index contributed by atoms with van der Waals surface area (Å²) < 4.78 is 10.3. The highest BCUT2D eigenvalue weighted by molar-refractivity contribution is 5.80. The summed E-state index contributed by atoms with van der Waals surface area (Å²) in [5.74, 6) is 0.382. The van der Waals surface area contributed by atoms with Gasteiger partial charge in [0.1, 0.15) is 0 Å². The zero-order valence-corrected chi connectivity index (χ0v) is 10.2.